The van der Waals surface area contributed by atoms with Gasteiger partial charge in [0, 0.05) is 28.1 Å². The van der Waals surface area contributed by atoms with Crippen molar-refractivity contribution in [2.45, 2.75) is 29.0 Å². The third-order valence-electron chi connectivity index (χ3n) is 3.76. The summed E-state index contributed by atoms with van der Waals surface area (Å²) in [4.78, 5) is 16.8. The summed E-state index contributed by atoms with van der Waals surface area (Å²) in [5, 5.41) is 14.3. The number of benzene rings is 1. The molecule has 1 aromatic heterocycles. The number of carbonyl (C=O) groups is 1. The smallest absolute Gasteiger partial charge is 0.252 e. The minimum atomic E-state index is -0.709. The number of nitriles is 1. The number of aryl methyl sites for hydroxylation is 1. The molecule has 2 aromatic rings. The minimum absolute atomic E-state index is 0.172. The number of aromatic nitrogens is 1. The summed E-state index contributed by atoms with van der Waals surface area (Å²) >= 11 is 5.06. The molecule has 4 nitrogen and oxygen atoms in total. The average Bonchev–Trinajstić information content (AvgIpc) is 3.23. The van der Waals surface area contributed by atoms with Gasteiger partial charge in [-0.2, -0.15) is 17.0 Å². The van der Waals surface area contributed by atoms with E-state index in [4.69, 9.17) is 0 Å². The molecule has 0 saturated carbocycles. The fraction of sp³-hybridized carbons (Fsp3) is 0.353. The van der Waals surface area contributed by atoms with Gasteiger partial charge in [0.1, 0.15) is 9.88 Å². The van der Waals surface area contributed by atoms with Crippen molar-refractivity contribution in [1.82, 2.24) is 10.3 Å². The first kappa shape index (κ1) is 17.3. The second kappa shape index (κ2) is 7.60. The van der Waals surface area contributed by atoms with Crippen LogP contribution < -0.4 is 5.32 Å². The van der Waals surface area contributed by atoms with Crippen LogP contribution in [0.1, 0.15) is 28.0 Å². The van der Waals surface area contributed by atoms with E-state index in [2.05, 4.69) is 16.4 Å². The fourth-order valence-electron chi connectivity index (χ4n) is 2.37. The van der Waals surface area contributed by atoms with Gasteiger partial charge in [-0.3, -0.25) is 4.79 Å². The molecule has 1 aliphatic heterocycles. The zero-order valence-corrected chi connectivity index (χ0v) is 15.7. The highest BCUT2D eigenvalue weighted by atomic mass is 32.2. The van der Waals surface area contributed by atoms with Gasteiger partial charge >= 0.3 is 0 Å². The van der Waals surface area contributed by atoms with Gasteiger partial charge in [-0.05, 0) is 36.8 Å². The van der Waals surface area contributed by atoms with Gasteiger partial charge in [0.15, 0.2) is 0 Å². The minimum Gasteiger partial charge on any atom is -0.333 e. The molecule has 0 bridgehead atoms. The van der Waals surface area contributed by atoms with Crippen molar-refractivity contribution in [1.29, 1.82) is 5.26 Å². The molecule has 124 valence electrons. The van der Waals surface area contributed by atoms with Crippen LogP contribution in [0.5, 0.6) is 0 Å². The van der Waals surface area contributed by atoms with Crippen molar-refractivity contribution >= 4 is 40.8 Å². The number of amides is 1. The van der Waals surface area contributed by atoms with Crippen molar-refractivity contribution < 1.29 is 4.79 Å². The third-order valence-corrected chi connectivity index (χ3v) is 7.16. The molecule has 3 rings (SSSR count). The number of carbonyl (C=O) groups excluding carboxylic acids is 1. The van der Waals surface area contributed by atoms with Gasteiger partial charge in [0.05, 0.1) is 6.07 Å². The number of rotatable bonds is 5. The first-order valence-corrected chi connectivity index (χ1v) is 10.6. The van der Waals surface area contributed by atoms with Crippen molar-refractivity contribution in [2.75, 3.05) is 11.5 Å². The standard InChI is InChI=1S/C17H17N3OS3/c1-12-8-23-16(19-12)24-9-13-2-4-14(5-3-13)15(21)20-17(10-18)6-7-22-11-17/h2-5,8H,6-7,9,11H2,1H3,(H,20,21). The summed E-state index contributed by atoms with van der Waals surface area (Å²) in [6.07, 6.45) is 0.710. The Morgan fingerprint density at radius 2 is 2.25 bits per heavy atom. The number of thiazole rings is 1. The van der Waals surface area contributed by atoms with Crippen molar-refractivity contribution in [3.63, 3.8) is 0 Å². The number of nitrogens with one attached hydrogen (secondary N) is 1. The van der Waals surface area contributed by atoms with E-state index in [9.17, 15) is 10.1 Å². The molecule has 1 amide bonds. The number of hydrogen-bond donors (Lipinski definition) is 1. The Bertz CT molecular complexity index is 758. The summed E-state index contributed by atoms with van der Waals surface area (Å²) < 4.78 is 1.06. The van der Waals surface area contributed by atoms with Crippen LogP contribution in [0.3, 0.4) is 0 Å². The average molecular weight is 376 g/mol. The molecule has 0 aliphatic carbocycles. The molecule has 1 aliphatic rings. The molecule has 1 saturated heterocycles. The lowest BCUT2D eigenvalue weighted by atomic mass is 10.0. The zero-order valence-electron chi connectivity index (χ0n) is 13.2. The summed E-state index contributed by atoms with van der Waals surface area (Å²) in [5.41, 5.74) is 2.08. The van der Waals surface area contributed by atoms with E-state index >= 15 is 0 Å². The molecule has 0 radical (unpaired) electrons. The van der Waals surface area contributed by atoms with Crippen molar-refractivity contribution in [3.05, 3.63) is 46.5 Å². The van der Waals surface area contributed by atoms with Crippen LogP contribution in [-0.2, 0) is 5.75 Å². The van der Waals surface area contributed by atoms with E-state index in [-0.39, 0.29) is 5.91 Å². The van der Waals surface area contributed by atoms with Crippen LogP contribution >= 0.6 is 34.9 Å². The van der Waals surface area contributed by atoms with Gasteiger partial charge in [-0.15, -0.1) is 11.3 Å². The largest absolute Gasteiger partial charge is 0.333 e. The highest BCUT2D eigenvalue weighted by molar-refractivity contribution is 8.00. The molecular formula is C17H17N3OS3. The Morgan fingerprint density at radius 1 is 1.46 bits per heavy atom. The van der Waals surface area contributed by atoms with Gasteiger partial charge in [0.2, 0.25) is 0 Å². The molecular weight excluding hydrogens is 358 g/mol. The quantitative estimate of drug-likeness (QED) is 0.804. The monoisotopic (exact) mass is 375 g/mol. The van der Waals surface area contributed by atoms with Crippen LogP contribution in [0.15, 0.2) is 34.0 Å². The van der Waals surface area contributed by atoms with Gasteiger partial charge in [-0.25, -0.2) is 4.98 Å². The van der Waals surface area contributed by atoms with Crippen LogP contribution in [0.25, 0.3) is 0 Å². The zero-order chi connectivity index (χ0) is 17.0. The van der Waals surface area contributed by atoms with Crippen LogP contribution in [0, 0.1) is 18.3 Å². The summed E-state index contributed by atoms with van der Waals surface area (Å²) in [6.45, 7) is 1.99. The lowest BCUT2D eigenvalue weighted by Gasteiger charge is -2.21. The first-order valence-electron chi connectivity index (χ1n) is 7.56. The van der Waals surface area contributed by atoms with E-state index in [1.54, 1.807) is 34.9 Å². The predicted octanol–water partition coefficient (Wildman–Crippen LogP) is 3.87. The molecule has 1 aromatic carbocycles. The van der Waals surface area contributed by atoms with Crippen LogP contribution in [0.2, 0.25) is 0 Å². The van der Waals surface area contributed by atoms with Gasteiger partial charge < -0.3 is 5.32 Å². The fourth-order valence-corrected chi connectivity index (χ4v) is 5.44. The summed E-state index contributed by atoms with van der Waals surface area (Å²) in [6, 6.07) is 9.84. The lowest BCUT2D eigenvalue weighted by molar-refractivity contribution is 0.0926. The van der Waals surface area contributed by atoms with Gasteiger partial charge in [0.25, 0.3) is 5.91 Å². The number of thioether (sulfide) groups is 2. The Balaban J connectivity index is 1.59. The van der Waals surface area contributed by atoms with E-state index in [1.165, 1.54) is 0 Å². The number of nitrogens with zero attached hydrogens (tertiary/aromatic N) is 2. The Morgan fingerprint density at radius 3 is 2.83 bits per heavy atom. The highest BCUT2D eigenvalue weighted by Crippen LogP contribution is 2.28. The molecule has 1 unspecified atom stereocenters. The summed E-state index contributed by atoms with van der Waals surface area (Å²) in [7, 11) is 0. The van der Waals surface area contributed by atoms with E-state index in [0.29, 0.717) is 17.7 Å². The predicted molar refractivity (Wildman–Crippen MR) is 101 cm³/mol. The van der Waals surface area contributed by atoms with Crippen LogP contribution in [-0.4, -0.2) is 27.9 Å². The van der Waals surface area contributed by atoms with E-state index < -0.39 is 5.54 Å². The molecule has 7 heteroatoms. The Labute approximate surface area is 154 Å². The maximum absolute atomic E-state index is 12.4. The summed E-state index contributed by atoms with van der Waals surface area (Å²) in [5.74, 6) is 2.24. The molecule has 1 atom stereocenters. The molecule has 2 heterocycles. The molecule has 1 N–H and O–H groups in total. The maximum atomic E-state index is 12.4. The molecule has 1 fully saturated rings. The van der Waals surface area contributed by atoms with Gasteiger partial charge in [-0.1, -0.05) is 23.9 Å². The Kier molecular flexibility index (Phi) is 5.49. The third kappa shape index (κ3) is 4.12. The van der Waals surface area contributed by atoms with E-state index in [0.717, 1.165) is 27.1 Å². The second-order valence-corrected chi connectivity index (χ2v) is 8.88. The normalized spacial score (nSPS) is 19.8. The Hall–Kier alpha value is -1.49. The topological polar surface area (TPSA) is 65.8 Å². The van der Waals surface area contributed by atoms with E-state index in [1.807, 2.05) is 36.6 Å². The SMILES string of the molecule is Cc1csc(SCc2ccc(C(=O)NC3(C#N)CCSC3)cc2)n1. The first-order chi connectivity index (χ1) is 11.6. The highest BCUT2D eigenvalue weighted by Gasteiger charge is 2.36. The van der Waals surface area contributed by atoms with Crippen LogP contribution in [0.4, 0.5) is 0 Å². The van der Waals surface area contributed by atoms with Crippen molar-refractivity contribution in [2.24, 2.45) is 0 Å². The second-order valence-electron chi connectivity index (χ2n) is 5.69. The lowest BCUT2D eigenvalue weighted by Crippen LogP contribution is -2.47. The molecule has 0 spiro atoms. The maximum Gasteiger partial charge on any atom is 0.252 e. The number of hydrogen-bond acceptors (Lipinski definition) is 6. The van der Waals surface area contributed by atoms with Crippen molar-refractivity contribution in [3.8, 4) is 6.07 Å². The molecule has 24 heavy (non-hydrogen) atoms.